The molecule has 1 aliphatic heterocycles. The van der Waals surface area contributed by atoms with Crippen LogP contribution in [0.3, 0.4) is 0 Å². The quantitative estimate of drug-likeness (QED) is 0.850. The van der Waals surface area contributed by atoms with Gasteiger partial charge in [-0.25, -0.2) is 4.98 Å². The normalized spacial score (nSPS) is 18.6. The zero-order chi connectivity index (χ0) is 12.5. The molecular formula is C14H16N2O2. The lowest BCUT2D eigenvalue weighted by Crippen LogP contribution is -2.20. The fourth-order valence-electron chi connectivity index (χ4n) is 2.52. The number of rotatable bonds is 2. The number of fused-ring (bicyclic) bond motifs is 1. The summed E-state index contributed by atoms with van der Waals surface area (Å²) in [5.74, 6) is 1.30. The lowest BCUT2D eigenvalue weighted by atomic mass is 10.1. The van der Waals surface area contributed by atoms with Crippen LogP contribution in [0.25, 0.3) is 11.3 Å². The monoisotopic (exact) mass is 244 g/mol. The molecule has 0 bridgehead atoms. The van der Waals surface area contributed by atoms with Crippen LogP contribution in [0.1, 0.15) is 24.7 Å². The number of aliphatic hydroxyl groups excluding tert-OH is 1. The molecule has 0 spiro atoms. The van der Waals surface area contributed by atoms with Crippen molar-refractivity contribution in [1.29, 1.82) is 0 Å². The molecule has 1 atom stereocenters. The van der Waals surface area contributed by atoms with Crippen molar-refractivity contribution in [3.63, 3.8) is 0 Å². The lowest BCUT2D eigenvalue weighted by Gasteiger charge is -2.22. The van der Waals surface area contributed by atoms with Crippen LogP contribution in [0, 0.1) is 0 Å². The van der Waals surface area contributed by atoms with Crippen molar-refractivity contribution in [3.8, 4) is 17.0 Å². The molecule has 0 saturated carbocycles. The van der Waals surface area contributed by atoms with Gasteiger partial charge in [0.05, 0.1) is 18.3 Å². The second-order valence-corrected chi connectivity index (χ2v) is 4.73. The van der Waals surface area contributed by atoms with E-state index < -0.39 is 0 Å². The van der Waals surface area contributed by atoms with Crippen LogP contribution in [-0.4, -0.2) is 26.4 Å². The third kappa shape index (κ3) is 1.88. The Labute approximate surface area is 106 Å². The molecule has 4 heteroatoms. The summed E-state index contributed by atoms with van der Waals surface area (Å²) in [5, 5.41) is 18.7. The molecule has 0 aliphatic carbocycles. The Hall–Kier alpha value is -1.81. The van der Waals surface area contributed by atoms with Crippen LogP contribution in [0.2, 0.25) is 0 Å². The summed E-state index contributed by atoms with van der Waals surface area (Å²) in [6, 6.07) is 7.20. The summed E-state index contributed by atoms with van der Waals surface area (Å²) in [5.41, 5.74) is 1.90. The van der Waals surface area contributed by atoms with Gasteiger partial charge in [-0.15, -0.1) is 0 Å². The number of nitrogens with zero attached hydrogens (tertiary/aromatic N) is 2. The average Bonchev–Trinajstić information content (AvgIpc) is 2.83. The first-order chi connectivity index (χ1) is 8.78. The average molecular weight is 244 g/mol. The number of imidazole rings is 1. The van der Waals surface area contributed by atoms with Crippen LogP contribution in [0.5, 0.6) is 5.75 Å². The van der Waals surface area contributed by atoms with Crippen molar-refractivity contribution >= 4 is 0 Å². The molecular weight excluding hydrogens is 228 g/mol. The number of phenolic OH excluding ortho intramolecular Hbond substituents is 1. The predicted molar refractivity (Wildman–Crippen MR) is 68.4 cm³/mol. The van der Waals surface area contributed by atoms with Gasteiger partial charge < -0.3 is 14.8 Å². The van der Waals surface area contributed by atoms with Gasteiger partial charge in [0.1, 0.15) is 11.6 Å². The Morgan fingerprint density at radius 1 is 1.28 bits per heavy atom. The van der Waals surface area contributed by atoms with Gasteiger partial charge in [0.25, 0.3) is 0 Å². The highest BCUT2D eigenvalue weighted by molar-refractivity contribution is 5.59. The molecule has 2 N–H and O–H groups in total. The zero-order valence-corrected chi connectivity index (χ0v) is 10.1. The molecule has 94 valence electrons. The van der Waals surface area contributed by atoms with Gasteiger partial charge in [-0.05, 0) is 37.1 Å². The summed E-state index contributed by atoms with van der Waals surface area (Å²) < 4.78 is 2.09. The number of aliphatic hydroxyl groups is 1. The minimum Gasteiger partial charge on any atom is -0.508 e. The van der Waals surface area contributed by atoms with Gasteiger partial charge in [0.15, 0.2) is 0 Å². The molecule has 1 aromatic heterocycles. The SMILES string of the molecule is OCC1CCCc2nc(-c3ccc(O)cc3)cn21. The Bertz CT molecular complexity index is 545. The molecule has 0 saturated heterocycles. The van der Waals surface area contributed by atoms with Crippen molar-refractivity contribution in [1.82, 2.24) is 9.55 Å². The minimum atomic E-state index is 0.159. The second-order valence-electron chi connectivity index (χ2n) is 4.73. The van der Waals surface area contributed by atoms with Gasteiger partial charge >= 0.3 is 0 Å². The molecule has 2 heterocycles. The van der Waals surface area contributed by atoms with E-state index in [0.29, 0.717) is 0 Å². The number of aryl methyl sites for hydroxylation is 1. The first kappa shape index (κ1) is 11.3. The second kappa shape index (κ2) is 4.46. The summed E-state index contributed by atoms with van der Waals surface area (Å²) in [7, 11) is 0. The van der Waals surface area contributed by atoms with Gasteiger partial charge in [0.2, 0.25) is 0 Å². The molecule has 0 amide bonds. The largest absolute Gasteiger partial charge is 0.508 e. The molecule has 3 rings (SSSR count). The topological polar surface area (TPSA) is 58.3 Å². The molecule has 1 aromatic carbocycles. The van der Waals surface area contributed by atoms with Crippen LogP contribution in [0.15, 0.2) is 30.5 Å². The highest BCUT2D eigenvalue weighted by Crippen LogP contribution is 2.28. The Kier molecular flexibility index (Phi) is 2.80. The molecule has 2 aromatic rings. The summed E-state index contributed by atoms with van der Waals surface area (Å²) >= 11 is 0. The van der Waals surface area contributed by atoms with Crippen LogP contribution >= 0.6 is 0 Å². The van der Waals surface area contributed by atoms with Crippen LogP contribution < -0.4 is 0 Å². The van der Waals surface area contributed by atoms with E-state index in [-0.39, 0.29) is 18.4 Å². The van der Waals surface area contributed by atoms with Gasteiger partial charge in [-0.1, -0.05) is 0 Å². The summed E-state index contributed by atoms with van der Waals surface area (Å²) in [4.78, 5) is 4.62. The molecule has 1 aliphatic rings. The molecule has 0 fully saturated rings. The number of hydrogen-bond acceptors (Lipinski definition) is 3. The van der Waals surface area contributed by atoms with Crippen LogP contribution in [-0.2, 0) is 6.42 Å². The van der Waals surface area contributed by atoms with Crippen LogP contribution in [0.4, 0.5) is 0 Å². The zero-order valence-electron chi connectivity index (χ0n) is 10.1. The first-order valence-electron chi connectivity index (χ1n) is 6.26. The maximum Gasteiger partial charge on any atom is 0.115 e. The number of phenols is 1. The molecule has 1 unspecified atom stereocenters. The number of hydrogen-bond donors (Lipinski definition) is 2. The Balaban J connectivity index is 1.99. The fourth-order valence-corrected chi connectivity index (χ4v) is 2.52. The number of aromatic hydroxyl groups is 1. The standard InChI is InChI=1S/C14H16N2O2/c17-9-11-2-1-3-14-15-13(8-16(11)14)10-4-6-12(18)7-5-10/h4-8,11,17-18H,1-3,9H2. The predicted octanol–water partition coefficient (Wildman–Crippen LogP) is 2.13. The van der Waals surface area contributed by atoms with Crippen molar-refractivity contribution in [2.45, 2.75) is 25.3 Å². The highest BCUT2D eigenvalue weighted by Gasteiger charge is 2.21. The van der Waals surface area contributed by atoms with Crippen molar-refractivity contribution < 1.29 is 10.2 Å². The van der Waals surface area contributed by atoms with Gasteiger partial charge in [0, 0.05) is 18.2 Å². The molecule has 18 heavy (non-hydrogen) atoms. The molecule has 4 nitrogen and oxygen atoms in total. The number of benzene rings is 1. The van der Waals surface area contributed by atoms with Crippen molar-refractivity contribution in [2.75, 3.05) is 6.61 Å². The third-order valence-electron chi connectivity index (χ3n) is 3.51. The lowest BCUT2D eigenvalue weighted by molar-refractivity contribution is 0.206. The van der Waals surface area contributed by atoms with E-state index in [2.05, 4.69) is 9.55 Å². The van der Waals surface area contributed by atoms with Crippen molar-refractivity contribution in [3.05, 3.63) is 36.3 Å². The van der Waals surface area contributed by atoms with Crippen molar-refractivity contribution in [2.24, 2.45) is 0 Å². The Morgan fingerprint density at radius 2 is 2.06 bits per heavy atom. The van der Waals surface area contributed by atoms with E-state index in [9.17, 15) is 10.2 Å². The maximum atomic E-state index is 9.37. The minimum absolute atomic E-state index is 0.159. The fraction of sp³-hybridized carbons (Fsp3) is 0.357. The van der Waals surface area contributed by atoms with E-state index in [1.807, 2.05) is 18.3 Å². The van der Waals surface area contributed by atoms with E-state index in [4.69, 9.17) is 0 Å². The number of aromatic nitrogens is 2. The van der Waals surface area contributed by atoms with E-state index in [0.717, 1.165) is 36.3 Å². The third-order valence-corrected chi connectivity index (χ3v) is 3.51. The van der Waals surface area contributed by atoms with E-state index in [1.165, 1.54) is 0 Å². The highest BCUT2D eigenvalue weighted by atomic mass is 16.3. The maximum absolute atomic E-state index is 9.37. The van der Waals surface area contributed by atoms with E-state index >= 15 is 0 Å². The molecule has 0 radical (unpaired) electrons. The first-order valence-corrected chi connectivity index (χ1v) is 6.26. The Morgan fingerprint density at radius 3 is 2.78 bits per heavy atom. The summed E-state index contributed by atoms with van der Waals surface area (Å²) in [6.07, 6.45) is 5.06. The van der Waals surface area contributed by atoms with Gasteiger partial charge in [-0.3, -0.25) is 0 Å². The smallest absolute Gasteiger partial charge is 0.115 e. The summed E-state index contributed by atoms with van der Waals surface area (Å²) in [6.45, 7) is 0.165. The van der Waals surface area contributed by atoms with Gasteiger partial charge in [-0.2, -0.15) is 0 Å². The van der Waals surface area contributed by atoms with E-state index in [1.54, 1.807) is 12.1 Å².